The van der Waals surface area contributed by atoms with Crippen molar-refractivity contribution < 1.29 is 14.6 Å². The first kappa shape index (κ1) is 14.0. The van der Waals surface area contributed by atoms with Crippen molar-refractivity contribution in [1.29, 1.82) is 0 Å². The highest BCUT2D eigenvalue weighted by Crippen LogP contribution is 2.28. The van der Waals surface area contributed by atoms with Gasteiger partial charge in [-0.3, -0.25) is 9.20 Å². The lowest BCUT2D eigenvalue weighted by Crippen LogP contribution is -2.54. The second kappa shape index (κ2) is 5.13. The van der Waals surface area contributed by atoms with E-state index in [4.69, 9.17) is 4.74 Å². The summed E-state index contributed by atoms with van der Waals surface area (Å²) in [5, 5.41) is 9.41. The van der Waals surface area contributed by atoms with E-state index in [1.807, 2.05) is 43.1 Å². The Bertz CT molecular complexity index is 665. The maximum atomic E-state index is 11.5. The van der Waals surface area contributed by atoms with Crippen molar-refractivity contribution in [3.05, 3.63) is 30.1 Å². The van der Waals surface area contributed by atoms with Crippen molar-refractivity contribution in [2.24, 2.45) is 0 Å². The second-order valence-corrected chi connectivity index (χ2v) is 5.93. The molecule has 1 aliphatic rings. The average Bonchev–Trinajstić information content (AvgIpc) is 2.84. The largest absolute Gasteiger partial charge is 0.394 e. The molecule has 6 heteroatoms. The third-order valence-electron chi connectivity index (χ3n) is 3.64. The lowest BCUT2D eigenvalue weighted by molar-refractivity contribution is -0.101. The van der Waals surface area contributed by atoms with Gasteiger partial charge in [-0.25, -0.2) is 4.98 Å². The van der Waals surface area contributed by atoms with Crippen LogP contribution in [0.4, 0.5) is 5.82 Å². The molecule has 0 radical (unpaired) electrons. The van der Waals surface area contributed by atoms with Gasteiger partial charge in [0.1, 0.15) is 11.3 Å². The summed E-state index contributed by atoms with van der Waals surface area (Å²) in [5.41, 5.74) is 0.862. The Morgan fingerprint density at radius 3 is 3.05 bits per heavy atom. The number of carbonyl (C=O) groups excluding carboxylic acids is 1. The molecule has 0 aliphatic carbocycles. The Morgan fingerprint density at radius 1 is 1.52 bits per heavy atom. The van der Waals surface area contributed by atoms with E-state index >= 15 is 0 Å². The van der Waals surface area contributed by atoms with Crippen LogP contribution in [0.25, 0.3) is 5.65 Å². The minimum absolute atomic E-state index is 0.0519. The minimum atomic E-state index is -0.401. The molecule has 0 amide bonds. The van der Waals surface area contributed by atoms with E-state index in [2.05, 4.69) is 4.98 Å². The van der Waals surface area contributed by atoms with Gasteiger partial charge in [-0.05, 0) is 26.0 Å². The molecule has 1 atom stereocenters. The molecule has 1 saturated heterocycles. The number of aliphatic hydroxyl groups excluding tert-OH is 1. The van der Waals surface area contributed by atoms with Gasteiger partial charge in [0.15, 0.2) is 12.1 Å². The zero-order chi connectivity index (χ0) is 15.0. The normalized spacial score (nSPS) is 21.7. The van der Waals surface area contributed by atoms with Crippen molar-refractivity contribution in [1.82, 2.24) is 9.38 Å². The number of fused-ring (bicyclic) bond motifs is 1. The number of morpholine rings is 1. The Morgan fingerprint density at radius 2 is 2.33 bits per heavy atom. The van der Waals surface area contributed by atoms with Gasteiger partial charge < -0.3 is 14.7 Å². The quantitative estimate of drug-likeness (QED) is 0.858. The molecule has 1 N–H and O–H groups in total. The van der Waals surface area contributed by atoms with E-state index in [-0.39, 0.29) is 12.7 Å². The van der Waals surface area contributed by atoms with E-state index in [1.165, 1.54) is 0 Å². The maximum Gasteiger partial charge on any atom is 0.170 e. The molecule has 1 aliphatic heterocycles. The average molecular weight is 289 g/mol. The Labute approximate surface area is 123 Å². The van der Waals surface area contributed by atoms with Crippen molar-refractivity contribution >= 4 is 17.8 Å². The number of imidazole rings is 1. The van der Waals surface area contributed by atoms with Gasteiger partial charge in [-0.15, -0.1) is 0 Å². The zero-order valence-corrected chi connectivity index (χ0v) is 12.2. The van der Waals surface area contributed by atoms with Gasteiger partial charge in [0.2, 0.25) is 0 Å². The number of carbonyl (C=O) groups is 1. The molecule has 1 unspecified atom stereocenters. The van der Waals surface area contributed by atoms with E-state index in [9.17, 15) is 9.90 Å². The summed E-state index contributed by atoms with van der Waals surface area (Å²) >= 11 is 0. The summed E-state index contributed by atoms with van der Waals surface area (Å²) in [6, 6.07) is 5.62. The van der Waals surface area contributed by atoms with Crippen molar-refractivity contribution in [2.45, 2.75) is 25.6 Å². The highest BCUT2D eigenvalue weighted by Gasteiger charge is 2.35. The molecule has 3 heterocycles. The lowest BCUT2D eigenvalue weighted by atomic mass is 10.1. The van der Waals surface area contributed by atoms with E-state index in [1.54, 1.807) is 4.40 Å². The van der Waals surface area contributed by atoms with Crippen molar-refractivity contribution in [2.75, 3.05) is 24.6 Å². The van der Waals surface area contributed by atoms with Crippen LogP contribution in [-0.4, -0.2) is 52.2 Å². The summed E-state index contributed by atoms with van der Waals surface area (Å²) in [4.78, 5) is 18.1. The molecule has 21 heavy (non-hydrogen) atoms. The van der Waals surface area contributed by atoms with Crippen LogP contribution in [0.15, 0.2) is 24.4 Å². The Kier molecular flexibility index (Phi) is 3.43. The highest BCUT2D eigenvalue weighted by molar-refractivity contribution is 5.83. The van der Waals surface area contributed by atoms with E-state index in [0.717, 1.165) is 11.9 Å². The number of hydrogen-bond donors (Lipinski definition) is 1. The maximum absolute atomic E-state index is 11.5. The fraction of sp³-hybridized carbons (Fsp3) is 0.467. The molecule has 2 aromatic heterocycles. The third-order valence-corrected chi connectivity index (χ3v) is 3.64. The monoisotopic (exact) mass is 289 g/mol. The van der Waals surface area contributed by atoms with Crippen LogP contribution < -0.4 is 4.90 Å². The Hall–Kier alpha value is -1.92. The predicted molar refractivity (Wildman–Crippen MR) is 78.8 cm³/mol. The first-order valence-electron chi connectivity index (χ1n) is 7.00. The summed E-state index contributed by atoms with van der Waals surface area (Å²) in [5.74, 6) is 0.644. The molecule has 0 spiro atoms. The van der Waals surface area contributed by atoms with Gasteiger partial charge in [0.05, 0.1) is 18.3 Å². The van der Waals surface area contributed by atoms with Gasteiger partial charge >= 0.3 is 0 Å². The lowest BCUT2D eigenvalue weighted by Gasteiger charge is -2.42. The molecule has 112 valence electrons. The SMILES string of the molecule is CC1(C)CN(c2nc3ccccn3c2C=O)CC(CO)O1. The fourth-order valence-corrected chi connectivity index (χ4v) is 2.90. The number of aromatic nitrogens is 2. The van der Waals surface area contributed by atoms with Crippen LogP contribution in [0.3, 0.4) is 0 Å². The number of hydrogen-bond acceptors (Lipinski definition) is 5. The van der Waals surface area contributed by atoms with Crippen molar-refractivity contribution in [3.8, 4) is 0 Å². The second-order valence-electron chi connectivity index (χ2n) is 5.93. The number of pyridine rings is 1. The van der Waals surface area contributed by atoms with Gasteiger partial charge in [-0.1, -0.05) is 6.07 Å². The molecule has 0 bridgehead atoms. The molecule has 2 aromatic rings. The fourth-order valence-electron chi connectivity index (χ4n) is 2.90. The highest BCUT2D eigenvalue weighted by atomic mass is 16.5. The minimum Gasteiger partial charge on any atom is -0.394 e. The van der Waals surface area contributed by atoms with Gasteiger partial charge in [-0.2, -0.15) is 0 Å². The van der Waals surface area contributed by atoms with Crippen LogP contribution in [0.2, 0.25) is 0 Å². The summed E-state index contributed by atoms with van der Waals surface area (Å²) in [7, 11) is 0. The summed E-state index contributed by atoms with van der Waals surface area (Å²) in [6.45, 7) is 5.03. The molecular weight excluding hydrogens is 270 g/mol. The number of ether oxygens (including phenoxy) is 1. The topological polar surface area (TPSA) is 67.1 Å². The van der Waals surface area contributed by atoms with E-state index < -0.39 is 5.60 Å². The third kappa shape index (κ3) is 2.52. The smallest absolute Gasteiger partial charge is 0.170 e. The molecule has 3 rings (SSSR count). The number of aldehydes is 1. The molecule has 0 saturated carbocycles. The summed E-state index contributed by atoms with van der Waals surface area (Å²) in [6.07, 6.45) is 2.37. The Balaban J connectivity index is 2.04. The molecular formula is C15H19N3O3. The molecule has 1 fully saturated rings. The van der Waals surface area contributed by atoms with Crippen LogP contribution in [-0.2, 0) is 4.74 Å². The number of rotatable bonds is 3. The van der Waals surface area contributed by atoms with Crippen LogP contribution in [0, 0.1) is 0 Å². The van der Waals surface area contributed by atoms with Crippen LogP contribution in [0.5, 0.6) is 0 Å². The number of aliphatic hydroxyl groups is 1. The van der Waals surface area contributed by atoms with E-state index in [0.29, 0.717) is 24.6 Å². The molecule has 6 nitrogen and oxygen atoms in total. The van der Waals surface area contributed by atoms with Crippen LogP contribution in [0.1, 0.15) is 24.3 Å². The number of anilines is 1. The van der Waals surface area contributed by atoms with Gasteiger partial charge in [0.25, 0.3) is 0 Å². The standard InChI is InChI=1S/C15H19N3O3/c1-15(2)10-17(7-11(8-19)21-15)14-12(9-20)18-6-4-3-5-13(18)16-14/h3-6,9,11,19H,7-8,10H2,1-2H3. The van der Waals surface area contributed by atoms with Crippen LogP contribution >= 0.6 is 0 Å². The van der Waals surface area contributed by atoms with Crippen molar-refractivity contribution in [3.63, 3.8) is 0 Å². The molecule has 0 aromatic carbocycles. The number of nitrogens with zero attached hydrogens (tertiary/aromatic N) is 3. The van der Waals surface area contributed by atoms with Gasteiger partial charge in [0, 0.05) is 19.3 Å². The summed E-state index contributed by atoms with van der Waals surface area (Å²) < 4.78 is 7.58. The first-order valence-corrected chi connectivity index (χ1v) is 7.00. The predicted octanol–water partition coefficient (Wildman–Crippen LogP) is 1.12. The first-order chi connectivity index (χ1) is 10.0. The zero-order valence-electron chi connectivity index (χ0n) is 12.2.